The quantitative estimate of drug-likeness (QED) is 0.565. The predicted molar refractivity (Wildman–Crippen MR) is 65.6 cm³/mol. The number of hydrogen-bond acceptors (Lipinski definition) is 4. The monoisotopic (exact) mass is 230 g/mol. The van der Waals surface area contributed by atoms with Crippen LogP contribution in [0.1, 0.15) is 25.7 Å². The van der Waals surface area contributed by atoms with Gasteiger partial charge >= 0.3 is 0 Å². The van der Waals surface area contributed by atoms with Crippen molar-refractivity contribution in [1.82, 2.24) is 4.90 Å². The lowest BCUT2D eigenvalue weighted by atomic mass is 10.1. The van der Waals surface area contributed by atoms with E-state index >= 15 is 0 Å². The van der Waals surface area contributed by atoms with E-state index in [1.54, 1.807) is 14.2 Å². The van der Waals surface area contributed by atoms with Gasteiger partial charge in [0.2, 0.25) is 0 Å². The van der Waals surface area contributed by atoms with Crippen LogP contribution in [0.2, 0.25) is 0 Å². The van der Waals surface area contributed by atoms with Crippen LogP contribution in [-0.4, -0.2) is 57.5 Å². The van der Waals surface area contributed by atoms with Gasteiger partial charge in [0, 0.05) is 46.0 Å². The van der Waals surface area contributed by atoms with Gasteiger partial charge in [-0.3, -0.25) is 4.90 Å². The minimum atomic E-state index is 0.271. The van der Waals surface area contributed by atoms with Crippen molar-refractivity contribution >= 4 is 0 Å². The second-order valence-corrected chi connectivity index (χ2v) is 4.61. The molecule has 0 aromatic heterocycles. The van der Waals surface area contributed by atoms with E-state index in [0.717, 1.165) is 45.2 Å². The summed E-state index contributed by atoms with van der Waals surface area (Å²) in [6, 6.07) is 1.04. The van der Waals surface area contributed by atoms with Gasteiger partial charge in [-0.25, -0.2) is 0 Å². The molecule has 0 aromatic carbocycles. The summed E-state index contributed by atoms with van der Waals surface area (Å²) < 4.78 is 10.2. The molecule has 16 heavy (non-hydrogen) atoms. The SMILES string of the molecule is COCCCC(N)CN(CCOC)C1CC1. The first-order chi connectivity index (χ1) is 7.77. The summed E-state index contributed by atoms with van der Waals surface area (Å²) in [6.07, 6.45) is 4.76. The van der Waals surface area contributed by atoms with Crippen LogP contribution in [0.15, 0.2) is 0 Å². The molecule has 4 heteroatoms. The summed E-state index contributed by atoms with van der Waals surface area (Å²) >= 11 is 0. The average Bonchev–Trinajstić information content (AvgIpc) is 3.08. The van der Waals surface area contributed by atoms with Gasteiger partial charge in [0.1, 0.15) is 0 Å². The minimum absolute atomic E-state index is 0.271. The highest BCUT2D eigenvalue weighted by molar-refractivity contribution is 4.86. The van der Waals surface area contributed by atoms with Gasteiger partial charge in [0.25, 0.3) is 0 Å². The van der Waals surface area contributed by atoms with Crippen molar-refractivity contribution in [3.05, 3.63) is 0 Å². The van der Waals surface area contributed by atoms with Crippen molar-refractivity contribution < 1.29 is 9.47 Å². The predicted octanol–water partition coefficient (Wildman–Crippen LogP) is 0.851. The molecule has 0 amide bonds. The topological polar surface area (TPSA) is 47.7 Å². The summed E-state index contributed by atoms with van der Waals surface area (Å²) in [5, 5.41) is 0. The number of nitrogens with zero attached hydrogens (tertiary/aromatic N) is 1. The molecule has 0 bridgehead atoms. The Morgan fingerprint density at radius 2 is 1.94 bits per heavy atom. The molecular formula is C12H26N2O2. The fraction of sp³-hybridized carbons (Fsp3) is 1.00. The van der Waals surface area contributed by atoms with E-state index in [0.29, 0.717) is 0 Å². The molecule has 96 valence electrons. The molecule has 1 atom stereocenters. The zero-order chi connectivity index (χ0) is 11.8. The summed E-state index contributed by atoms with van der Waals surface area (Å²) in [5.74, 6) is 0. The van der Waals surface area contributed by atoms with Crippen LogP contribution in [0, 0.1) is 0 Å². The third kappa shape index (κ3) is 5.80. The molecule has 1 aliphatic carbocycles. The standard InChI is InChI=1S/C12H26N2O2/c1-15-8-3-4-11(13)10-14(7-9-16-2)12-5-6-12/h11-12H,3-10,13H2,1-2H3. The van der Waals surface area contributed by atoms with Crippen LogP contribution in [-0.2, 0) is 9.47 Å². The van der Waals surface area contributed by atoms with Gasteiger partial charge in [0.05, 0.1) is 6.61 Å². The maximum atomic E-state index is 6.11. The Morgan fingerprint density at radius 3 is 2.50 bits per heavy atom. The molecule has 0 aliphatic heterocycles. The lowest BCUT2D eigenvalue weighted by molar-refractivity contribution is 0.136. The highest BCUT2D eigenvalue weighted by Crippen LogP contribution is 2.26. The zero-order valence-corrected chi connectivity index (χ0v) is 10.7. The number of nitrogens with two attached hydrogens (primary N) is 1. The van der Waals surface area contributed by atoms with E-state index in [1.165, 1.54) is 12.8 Å². The maximum Gasteiger partial charge on any atom is 0.0589 e. The van der Waals surface area contributed by atoms with Gasteiger partial charge in [-0.1, -0.05) is 0 Å². The second kappa shape index (κ2) is 8.01. The van der Waals surface area contributed by atoms with Crippen LogP contribution in [0.4, 0.5) is 0 Å². The molecule has 1 saturated carbocycles. The van der Waals surface area contributed by atoms with E-state index in [-0.39, 0.29) is 6.04 Å². The second-order valence-electron chi connectivity index (χ2n) is 4.61. The first-order valence-corrected chi connectivity index (χ1v) is 6.25. The maximum absolute atomic E-state index is 6.11. The fourth-order valence-corrected chi connectivity index (χ4v) is 1.95. The molecule has 0 heterocycles. The number of ether oxygens (including phenoxy) is 2. The van der Waals surface area contributed by atoms with Gasteiger partial charge in [0.15, 0.2) is 0 Å². The Morgan fingerprint density at radius 1 is 1.25 bits per heavy atom. The normalized spacial score (nSPS) is 18.0. The summed E-state index contributed by atoms with van der Waals surface area (Å²) in [5.41, 5.74) is 6.11. The average molecular weight is 230 g/mol. The van der Waals surface area contributed by atoms with Crippen LogP contribution >= 0.6 is 0 Å². The molecule has 1 unspecified atom stereocenters. The third-order valence-corrected chi connectivity index (χ3v) is 3.04. The Hall–Kier alpha value is -0.160. The minimum Gasteiger partial charge on any atom is -0.385 e. The highest BCUT2D eigenvalue weighted by Gasteiger charge is 2.29. The molecule has 0 saturated heterocycles. The van der Waals surface area contributed by atoms with Gasteiger partial charge < -0.3 is 15.2 Å². The fourth-order valence-electron chi connectivity index (χ4n) is 1.95. The van der Waals surface area contributed by atoms with Crippen molar-refractivity contribution in [2.24, 2.45) is 5.73 Å². The van der Waals surface area contributed by atoms with Crippen molar-refractivity contribution in [2.45, 2.75) is 37.8 Å². The van der Waals surface area contributed by atoms with Crippen LogP contribution in [0.25, 0.3) is 0 Å². The Labute approximate surface area is 99.1 Å². The summed E-state index contributed by atoms with van der Waals surface area (Å²) in [6.45, 7) is 3.63. The molecular weight excluding hydrogens is 204 g/mol. The molecule has 0 spiro atoms. The van der Waals surface area contributed by atoms with E-state index < -0.39 is 0 Å². The summed E-state index contributed by atoms with van der Waals surface area (Å²) in [4.78, 5) is 2.47. The molecule has 4 nitrogen and oxygen atoms in total. The number of methoxy groups -OCH3 is 2. The third-order valence-electron chi connectivity index (χ3n) is 3.04. The molecule has 0 aromatic rings. The van der Waals surface area contributed by atoms with Crippen molar-refractivity contribution in [3.63, 3.8) is 0 Å². The lowest BCUT2D eigenvalue weighted by Crippen LogP contribution is -2.40. The first kappa shape index (κ1) is 13.9. The van der Waals surface area contributed by atoms with E-state index in [4.69, 9.17) is 15.2 Å². The van der Waals surface area contributed by atoms with Crippen molar-refractivity contribution in [2.75, 3.05) is 40.5 Å². The number of rotatable bonds is 10. The van der Waals surface area contributed by atoms with Gasteiger partial charge in [-0.05, 0) is 25.7 Å². The molecule has 1 aliphatic rings. The Kier molecular flexibility index (Phi) is 6.96. The Bertz CT molecular complexity index is 174. The molecule has 1 fully saturated rings. The van der Waals surface area contributed by atoms with Gasteiger partial charge in [-0.2, -0.15) is 0 Å². The van der Waals surface area contributed by atoms with Gasteiger partial charge in [-0.15, -0.1) is 0 Å². The number of hydrogen-bond donors (Lipinski definition) is 1. The smallest absolute Gasteiger partial charge is 0.0589 e. The van der Waals surface area contributed by atoms with E-state index in [9.17, 15) is 0 Å². The first-order valence-electron chi connectivity index (χ1n) is 6.25. The largest absolute Gasteiger partial charge is 0.385 e. The Balaban J connectivity index is 2.14. The lowest BCUT2D eigenvalue weighted by Gasteiger charge is -2.25. The molecule has 2 N–H and O–H groups in total. The van der Waals surface area contributed by atoms with E-state index in [2.05, 4.69) is 4.90 Å². The van der Waals surface area contributed by atoms with Crippen LogP contribution in [0.3, 0.4) is 0 Å². The van der Waals surface area contributed by atoms with Crippen LogP contribution < -0.4 is 5.73 Å². The van der Waals surface area contributed by atoms with Crippen molar-refractivity contribution in [3.8, 4) is 0 Å². The van der Waals surface area contributed by atoms with Crippen molar-refractivity contribution in [1.29, 1.82) is 0 Å². The molecule has 0 radical (unpaired) electrons. The highest BCUT2D eigenvalue weighted by atomic mass is 16.5. The summed E-state index contributed by atoms with van der Waals surface area (Å²) in [7, 11) is 3.49. The molecule has 1 rings (SSSR count). The van der Waals surface area contributed by atoms with Crippen LogP contribution in [0.5, 0.6) is 0 Å². The zero-order valence-electron chi connectivity index (χ0n) is 10.7. The van der Waals surface area contributed by atoms with E-state index in [1.807, 2.05) is 0 Å².